The van der Waals surface area contributed by atoms with Crippen molar-refractivity contribution in [3.8, 4) is 5.75 Å². The van der Waals surface area contributed by atoms with E-state index in [-0.39, 0.29) is 5.91 Å². The van der Waals surface area contributed by atoms with Crippen molar-refractivity contribution >= 4 is 28.8 Å². The number of rotatable bonds is 4. The maximum atomic E-state index is 12.7. The number of benzene rings is 1. The van der Waals surface area contributed by atoms with Gasteiger partial charge < -0.3 is 15.8 Å². The number of hydrogen-bond donors (Lipinski definition) is 2. The Balaban J connectivity index is 1.91. The van der Waals surface area contributed by atoms with Gasteiger partial charge in [0.2, 0.25) is 0 Å². The Bertz CT molecular complexity index is 750. The molecule has 0 saturated heterocycles. The Morgan fingerprint density at radius 2 is 1.87 bits per heavy atom. The summed E-state index contributed by atoms with van der Waals surface area (Å²) in [5, 5.41) is 2.85. The smallest absolute Gasteiger partial charge is 0.259 e. The number of nitrogens with one attached hydrogen (secondary N) is 1. The molecule has 120 valence electrons. The van der Waals surface area contributed by atoms with Gasteiger partial charge >= 0.3 is 0 Å². The molecular formula is C17H18N2O3S. The van der Waals surface area contributed by atoms with Crippen molar-refractivity contribution in [1.29, 1.82) is 0 Å². The molecule has 1 aromatic heterocycles. The molecule has 3 rings (SSSR count). The highest BCUT2D eigenvalue weighted by Crippen LogP contribution is 2.34. The van der Waals surface area contributed by atoms with E-state index in [0.29, 0.717) is 21.9 Å². The first-order valence-electron chi connectivity index (χ1n) is 7.50. The Morgan fingerprint density at radius 3 is 2.52 bits per heavy atom. The fraction of sp³-hybridized carbons (Fsp3) is 0.294. The van der Waals surface area contributed by atoms with E-state index in [4.69, 9.17) is 10.5 Å². The van der Waals surface area contributed by atoms with Crippen LogP contribution in [0.4, 0.5) is 5.69 Å². The summed E-state index contributed by atoms with van der Waals surface area (Å²) < 4.78 is 5.10. The van der Waals surface area contributed by atoms with Crippen LogP contribution in [0.25, 0.3) is 0 Å². The number of fused-ring (bicyclic) bond motifs is 1. The minimum atomic E-state index is -0.538. The molecule has 1 heterocycles. The average Bonchev–Trinajstić information content (AvgIpc) is 2.95. The molecule has 1 aromatic carbocycles. The highest BCUT2D eigenvalue weighted by atomic mass is 32.1. The summed E-state index contributed by atoms with van der Waals surface area (Å²) in [6, 6.07) is 7.07. The van der Waals surface area contributed by atoms with Crippen molar-refractivity contribution in [2.45, 2.75) is 25.7 Å². The van der Waals surface area contributed by atoms with Gasteiger partial charge in [0, 0.05) is 10.6 Å². The number of thiophene rings is 1. The molecule has 0 unspecified atom stereocenters. The zero-order valence-corrected chi connectivity index (χ0v) is 13.7. The molecule has 0 bridgehead atoms. The number of primary amides is 1. The van der Waals surface area contributed by atoms with E-state index in [9.17, 15) is 9.59 Å². The minimum absolute atomic E-state index is 0.275. The van der Waals surface area contributed by atoms with Gasteiger partial charge in [-0.15, -0.1) is 11.3 Å². The van der Waals surface area contributed by atoms with E-state index < -0.39 is 5.91 Å². The molecule has 3 N–H and O–H groups in total. The number of carbonyl (C=O) groups is 2. The highest BCUT2D eigenvalue weighted by Gasteiger charge is 2.27. The van der Waals surface area contributed by atoms with Crippen molar-refractivity contribution in [2.24, 2.45) is 5.73 Å². The fourth-order valence-corrected chi connectivity index (χ4v) is 4.09. The second-order valence-corrected chi connectivity index (χ2v) is 6.57. The molecule has 1 aliphatic rings. The first kappa shape index (κ1) is 15.6. The van der Waals surface area contributed by atoms with Gasteiger partial charge in [0.15, 0.2) is 0 Å². The van der Waals surface area contributed by atoms with Crippen molar-refractivity contribution in [3.05, 3.63) is 45.1 Å². The molecule has 1 aliphatic carbocycles. The lowest BCUT2D eigenvalue weighted by molar-refractivity contribution is 0.0980. The zero-order chi connectivity index (χ0) is 16.4. The van der Waals surface area contributed by atoms with E-state index in [0.717, 1.165) is 36.1 Å². The van der Waals surface area contributed by atoms with Crippen LogP contribution in [0.3, 0.4) is 0 Å². The Kier molecular flexibility index (Phi) is 4.34. The molecule has 0 atom stereocenters. The van der Waals surface area contributed by atoms with Crippen LogP contribution >= 0.6 is 11.3 Å². The lowest BCUT2D eigenvalue weighted by Gasteiger charge is -2.13. The van der Waals surface area contributed by atoms with Crippen LogP contribution < -0.4 is 15.8 Å². The number of carbonyl (C=O) groups excluding carboxylic acids is 2. The van der Waals surface area contributed by atoms with Gasteiger partial charge in [0.05, 0.1) is 12.7 Å². The number of anilines is 1. The molecule has 2 aromatic rings. The maximum Gasteiger partial charge on any atom is 0.259 e. The van der Waals surface area contributed by atoms with Crippen LogP contribution in [0.1, 0.15) is 43.3 Å². The topological polar surface area (TPSA) is 81.4 Å². The Morgan fingerprint density at radius 1 is 1.17 bits per heavy atom. The van der Waals surface area contributed by atoms with Crippen LogP contribution in [-0.4, -0.2) is 18.9 Å². The fourth-order valence-electron chi connectivity index (χ4n) is 2.85. The molecule has 0 fully saturated rings. The molecule has 0 spiro atoms. The van der Waals surface area contributed by atoms with Gasteiger partial charge in [0.25, 0.3) is 11.8 Å². The van der Waals surface area contributed by atoms with Gasteiger partial charge in [-0.3, -0.25) is 9.59 Å². The van der Waals surface area contributed by atoms with Crippen LogP contribution in [0.15, 0.2) is 24.3 Å². The van der Waals surface area contributed by atoms with Crippen molar-refractivity contribution in [1.82, 2.24) is 0 Å². The summed E-state index contributed by atoms with van der Waals surface area (Å²) in [5.74, 6) is -0.0959. The third-order valence-corrected chi connectivity index (χ3v) is 5.28. The van der Waals surface area contributed by atoms with Gasteiger partial charge in [-0.25, -0.2) is 0 Å². The van der Waals surface area contributed by atoms with E-state index in [2.05, 4.69) is 5.32 Å². The normalized spacial score (nSPS) is 13.3. The quantitative estimate of drug-likeness (QED) is 0.904. The molecule has 2 amide bonds. The van der Waals surface area contributed by atoms with Gasteiger partial charge in [0.1, 0.15) is 10.6 Å². The summed E-state index contributed by atoms with van der Waals surface area (Å²) >= 11 is 1.36. The van der Waals surface area contributed by atoms with E-state index in [1.54, 1.807) is 31.4 Å². The van der Waals surface area contributed by atoms with E-state index >= 15 is 0 Å². The third-order valence-electron chi connectivity index (χ3n) is 3.97. The summed E-state index contributed by atoms with van der Waals surface area (Å²) in [6.07, 6.45) is 3.86. The number of nitrogens with two attached hydrogens (primary N) is 1. The van der Waals surface area contributed by atoms with Crippen LogP contribution in [0.5, 0.6) is 5.75 Å². The number of amides is 2. The average molecular weight is 330 g/mol. The van der Waals surface area contributed by atoms with Gasteiger partial charge in [-0.1, -0.05) is 0 Å². The summed E-state index contributed by atoms with van der Waals surface area (Å²) in [5.41, 5.74) is 7.56. The first-order chi connectivity index (χ1) is 11.1. The second kappa shape index (κ2) is 6.42. The number of aryl methyl sites for hydroxylation is 1. The molecule has 23 heavy (non-hydrogen) atoms. The van der Waals surface area contributed by atoms with Crippen LogP contribution in [0, 0.1) is 0 Å². The monoisotopic (exact) mass is 330 g/mol. The summed E-state index contributed by atoms with van der Waals surface area (Å²) in [4.78, 5) is 25.9. The molecule has 6 heteroatoms. The van der Waals surface area contributed by atoms with Crippen molar-refractivity contribution < 1.29 is 14.3 Å². The Hall–Kier alpha value is -2.34. The van der Waals surface area contributed by atoms with Gasteiger partial charge in [-0.2, -0.15) is 0 Å². The molecule has 5 nitrogen and oxygen atoms in total. The van der Waals surface area contributed by atoms with E-state index in [1.807, 2.05) is 0 Å². The lowest BCUT2D eigenvalue weighted by Crippen LogP contribution is -2.20. The number of methoxy groups -OCH3 is 1. The summed E-state index contributed by atoms with van der Waals surface area (Å²) in [6.45, 7) is 0. The van der Waals surface area contributed by atoms with Crippen LogP contribution in [-0.2, 0) is 12.8 Å². The Labute approximate surface area is 138 Å². The lowest BCUT2D eigenvalue weighted by atomic mass is 9.94. The molecule has 0 saturated carbocycles. The van der Waals surface area contributed by atoms with Crippen molar-refractivity contribution in [2.75, 3.05) is 12.4 Å². The SMILES string of the molecule is COc1ccc(NC(=O)c2c(C(N)=O)sc3c2CCCC3)cc1. The predicted molar refractivity (Wildman–Crippen MR) is 90.4 cm³/mol. The minimum Gasteiger partial charge on any atom is -0.497 e. The molecule has 0 aliphatic heterocycles. The summed E-state index contributed by atoms with van der Waals surface area (Å²) in [7, 11) is 1.59. The third kappa shape index (κ3) is 3.07. The van der Waals surface area contributed by atoms with Crippen LogP contribution in [0.2, 0.25) is 0 Å². The standard InChI is InChI=1S/C17H18N2O3S/c1-22-11-8-6-10(7-9-11)19-17(21)14-12-4-2-3-5-13(12)23-15(14)16(18)20/h6-9H,2-5H2,1H3,(H2,18,20)(H,19,21). The first-order valence-corrected chi connectivity index (χ1v) is 8.31. The van der Waals surface area contributed by atoms with E-state index in [1.165, 1.54) is 11.3 Å². The zero-order valence-electron chi connectivity index (χ0n) is 12.8. The largest absolute Gasteiger partial charge is 0.497 e. The number of hydrogen-bond acceptors (Lipinski definition) is 4. The number of ether oxygens (including phenoxy) is 1. The molecular weight excluding hydrogens is 312 g/mol. The van der Waals surface area contributed by atoms with Gasteiger partial charge in [-0.05, 0) is 55.5 Å². The predicted octanol–water partition coefficient (Wildman–Crippen LogP) is 2.99. The maximum absolute atomic E-state index is 12.7. The van der Waals surface area contributed by atoms with Crippen molar-refractivity contribution in [3.63, 3.8) is 0 Å². The molecule has 0 radical (unpaired) electrons. The second-order valence-electron chi connectivity index (χ2n) is 5.46. The highest BCUT2D eigenvalue weighted by molar-refractivity contribution is 7.14.